The number of hydrogen-bond donors (Lipinski definition) is 2. The van der Waals surface area contributed by atoms with Crippen LogP contribution in [0.5, 0.6) is 0 Å². The summed E-state index contributed by atoms with van der Waals surface area (Å²) in [5, 5.41) is 23.3. The maximum absolute atomic E-state index is 13.1. The van der Waals surface area contributed by atoms with Crippen LogP contribution in [0.15, 0.2) is 11.6 Å². The Bertz CT molecular complexity index is 1190. The number of aliphatic hydroxyl groups is 2. The summed E-state index contributed by atoms with van der Waals surface area (Å²) in [6, 6.07) is 0. The predicted molar refractivity (Wildman–Crippen MR) is 136 cm³/mol. The van der Waals surface area contributed by atoms with Crippen molar-refractivity contribution in [2.24, 2.45) is 11.3 Å². The molecule has 2 aliphatic heterocycles. The lowest BCUT2D eigenvalue weighted by Gasteiger charge is -2.59. The lowest BCUT2D eigenvalue weighted by Crippen LogP contribution is -2.72. The summed E-state index contributed by atoms with van der Waals surface area (Å²) in [5.74, 6) is -5.02. The van der Waals surface area contributed by atoms with Crippen molar-refractivity contribution in [3.05, 3.63) is 11.6 Å². The summed E-state index contributed by atoms with van der Waals surface area (Å²) < 4.78 is 34.8. The van der Waals surface area contributed by atoms with Crippen LogP contribution in [0.1, 0.15) is 68.2 Å². The zero-order valence-corrected chi connectivity index (χ0v) is 24.4. The molecule has 11 atom stereocenters. The number of epoxide rings is 1. The molecule has 4 aliphatic rings. The van der Waals surface area contributed by atoms with Crippen molar-refractivity contribution in [3.63, 3.8) is 0 Å². The molecular formula is C28H38O13. The topological polar surface area (TPSA) is 184 Å². The standard InChI is InChI=1S/C28H38O13/c1-12-9-21-28(27(8,41-28)24(34)40-21)23(39-16(5)32)22-25(6,19(37-14(3)30)10-17(12)36-13(2)29)20(38-15(4)31)11-18(33)26(22,7)35/h9,17-23,33,35H,10-11H2,1-8H3/b12-9+/t17-,18+,19+,20+,21+,22-,23+,25+,26-,27+,28+/m1/s1. The highest BCUT2D eigenvalue weighted by atomic mass is 16.7. The maximum atomic E-state index is 13.1. The van der Waals surface area contributed by atoms with Gasteiger partial charge in [0.05, 0.1) is 17.1 Å². The van der Waals surface area contributed by atoms with Crippen LogP contribution in [-0.2, 0) is 52.4 Å². The number of esters is 5. The minimum atomic E-state index is -2.09. The first-order valence-electron chi connectivity index (χ1n) is 13.5. The fourth-order valence-electron chi connectivity index (χ4n) is 7.23. The fourth-order valence-corrected chi connectivity index (χ4v) is 7.23. The summed E-state index contributed by atoms with van der Waals surface area (Å²) in [6.45, 7) is 10.7. The minimum Gasteiger partial charge on any atom is -0.462 e. The van der Waals surface area contributed by atoms with E-state index in [-0.39, 0.29) is 12.8 Å². The van der Waals surface area contributed by atoms with Gasteiger partial charge in [-0.15, -0.1) is 0 Å². The van der Waals surface area contributed by atoms with Crippen LogP contribution in [0, 0.1) is 11.3 Å². The van der Waals surface area contributed by atoms with E-state index < -0.39 is 94.6 Å². The van der Waals surface area contributed by atoms with E-state index in [0.717, 1.165) is 13.8 Å². The molecule has 228 valence electrons. The van der Waals surface area contributed by atoms with E-state index in [0.29, 0.717) is 5.57 Å². The molecule has 1 saturated carbocycles. The number of fused-ring (bicyclic) bond motifs is 1. The van der Waals surface area contributed by atoms with Gasteiger partial charge < -0.3 is 38.6 Å². The molecule has 2 N–H and O–H groups in total. The lowest BCUT2D eigenvalue weighted by molar-refractivity contribution is -0.275. The van der Waals surface area contributed by atoms with Crippen LogP contribution in [0.3, 0.4) is 0 Å². The Morgan fingerprint density at radius 2 is 1.39 bits per heavy atom. The van der Waals surface area contributed by atoms with Crippen molar-refractivity contribution in [2.45, 2.75) is 122 Å². The average Bonchev–Trinajstić information content (AvgIpc) is 3.40. The van der Waals surface area contributed by atoms with E-state index in [1.807, 2.05) is 0 Å². The Kier molecular flexibility index (Phi) is 7.58. The highest BCUT2D eigenvalue weighted by Crippen LogP contribution is 2.66. The van der Waals surface area contributed by atoms with Gasteiger partial charge in [-0.05, 0) is 32.4 Å². The first-order chi connectivity index (χ1) is 18.8. The largest absolute Gasteiger partial charge is 0.462 e. The predicted octanol–water partition coefficient (Wildman–Crippen LogP) is 0.654. The molecule has 0 bridgehead atoms. The second-order valence-electron chi connectivity index (χ2n) is 12.0. The van der Waals surface area contributed by atoms with Crippen LogP contribution >= 0.6 is 0 Å². The Hall–Kier alpha value is -3.03. The molecule has 2 aliphatic carbocycles. The molecule has 2 heterocycles. The second kappa shape index (κ2) is 10.1. The molecule has 41 heavy (non-hydrogen) atoms. The fraction of sp³-hybridized carbons (Fsp3) is 0.750. The quantitative estimate of drug-likeness (QED) is 0.204. The van der Waals surface area contributed by atoms with Crippen LogP contribution in [0.25, 0.3) is 0 Å². The van der Waals surface area contributed by atoms with Crippen molar-refractivity contribution in [2.75, 3.05) is 0 Å². The van der Waals surface area contributed by atoms with Gasteiger partial charge >= 0.3 is 29.8 Å². The average molecular weight is 583 g/mol. The summed E-state index contributed by atoms with van der Waals surface area (Å²) >= 11 is 0. The molecule has 13 heteroatoms. The first-order valence-corrected chi connectivity index (χ1v) is 13.5. The summed E-state index contributed by atoms with van der Waals surface area (Å²) in [7, 11) is 0. The number of rotatable bonds is 4. The van der Waals surface area contributed by atoms with Crippen LogP contribution in [0.4, 0.5) is 0 Å². The minimum absolute atomic E-state index is 0.170. The molecule has 13 nitrogen and oxygen atoms in total. The van der Waals surface area contributed by atoms with Gasteiger partial charge in [-0.1, -0.05) is 6.92 Å². The van der Waals surface area contributed by atoms with Crippen molar-refractivity contribution in [1.82, 2.24) is 0 Å². The Labute approximate surface area is 237 Å². The first kappa shape index (κ1) is 30.9. The van der Waals surface area contributed by atoms with Gasteiger partial charge in [-0.25, -0.2) is 4.79 Å². The summed E-state index contributed by atoms with van der Waals surface area (Å²) in [5.41, 5.74) is -6.61. The van der Waals surface area contributed by atoms with E-state index in [9.17, 15) is 34.2 Å². The lowest BCUT2D eigenvalue weighted by atomic mass is 9.51. The van der Waals surface area contributed by atoms with Crippen LogP contribution in [0.2, 0.25) is 0 Å². The zero-order valence-electron chi connectivity index (χ0n) is 24.4. The highest BCUT2D eigenvalue weighted by molar-refractivity contribution is 5.89. The molecule has 4 rings (SSSR count). The highest BCUT2D eigenvalue weighted by Gasteiger charge is 2.88. The SMILES string of the molecule is CC(=O)O[C@H]1C[C@@H](OC(C)=O)/C(C)=C/[C@@H]2OC(=O)[C@]3(C)O[C@]23[C@@H](OC(C)=O)[C@H]2[C@](C)(O)[C@@H](O)C[C@H](OC(C)=O)[C@]12C. The molecule has 0 aromatic rings. The van der Waals surface area contributed by atoms with Crippen LogP contribution in [-0.4, -0.2) is 93.5 Å². The molecule has 0 aromatic heterocycles. The van der Waals surface area contributed by atoms with Crippen LogP contribution < -0.4 is 0 Å². The normalized spacial score (nSPS) is 46.2. The number of ether oxygens (including phenoxy) is 6. The van der Waals surface area contributed by atoms with Crippen molar-refractivity contribution < 1.29 is 62.6 Å². The molecule has 0 unspecified atom stereocenters. The smallest absolute Gasteiger partial charge is 0.342 e. The third-order valence-corrected chi connectivity index (χ3v) is 9.22. The molecule has 0 aromatic carbocycles. The van der Waals surface area contributed by atoms with Crippen molar-refractivity contribution in [3.8, 4) is 0 Å². The number of hydrogen-bond acceptors (Lipinski definition) is 13. The van der Waals surface area contributed by atoms with Gasteiger partial charge in [0.1, 0.15) is 24.4 Å². The van der Waals surface area contributed by atoms with Gasteiger partial charge in [-0.2, -0.15) is 0 Å². The number of carbonyl (C=O) groups is 5. The molecule has 3 fully saturated rings. The molecule has 0 radical (unpaired) electrons. The van der Waals surface area contributed by atoms with Gasteiger partial charge in [0, 0.05) is 46.5 Å². The Morgan fingerprint density at radius 1 is 0.878 bits per heavy atom. The number of carbonyl (C=O) groups excluding carboxylic acids is 5. The zero-order chi connectivity index (χ0) is 30.9. The third-order valence-electron chi connectivity index (χ3n) is 9.22. The van der Waals surface area contributed by atoms with E-state index >= 15 is 0 Å². The van der Waals surface area contributed by atoms with E-state index in [1.54, 1.807) is 13.8 Å². The molecule has 1 spiro atoms. The molecule has 0 amide bonds. The van der Waals surface area contributed by atoms with Gasteiger partial charge in [0.2, 0.25) is 0 Å². The van der Waals surface area contributed by atoms with E-state index in [2.05, 4.69) is 0 Å². The van der Waals surface area contributed by atoms with E-state index in [4.69, 9.17) is 28.4 Å². The van der Waals surface area contributed by atoms with E-state index in [1.165, 1.54) is 33.8 Å². The van der Waals surface area contributed by atoms with Crippen molar-refractivity contribution in [1.29, 1.82) is 0 Å². The monoisotopic (exact) mass is 582 g/mol. The van der Waals surface area contributed by atoms with Gasteiger partial charge in [-0.3, -0.25) is 19.2 Å². The second-order valence-corrected chi connectivity index (χ2v) is 12.0. The molecular weight excluding hydrogens is 544 g/mol. The Balaban J connectivity index is 2.09. The Morgan fingerprint density at radius 3 is 1.88 bits per heavy atom. The summed E-state index contributed by atoms with van der Waals surface area (Å²) in [4.78, 5) is 62.8. The van der Waals surface area contributed by atoms with Gasteiger partial charge in [0.25, 0.3) is 0 Å². The maximum Gasteiger partial charge on any atom is 0.342 e. The molecule has 2 saturated heterocycles. The summed E-state index contributed by atoms with van der Waals surface area (Å²) in [6.07, 6.45) is -6.57. The van der Waals surface area contributed by atoms with Gasteiger partial charge in [0.15, 0.2) is 17.3 Å². The number of aliphatic hydroxyl groups excluding tert-OH is 1. The van der Waals surface area contributed by atoms with Crippen molar-refractivity contribution >= 4 is 29.8 Å². The third kappa shape index (κ3) is 4.71.